The molecule has 5 bridgehead atoms. The zero-order valence-corrected chi connectivity index (χ0v) is 20.6. The van der Waals surface area contributed by atoms with E-state index in [1.54, 1.807) is 0 Å². The minimum Gasteiger partial charge on any atom is -0.421 e. The first-order valence-electron chi connectivity index (χ1n) is 12.0. The van der Waals surface area contributed by atoms with Crippen LogP contribution in [0.2, 0.25) is 0 Å². The number of hydrogen-bond acceptors (Lipinski definition) is 15. The minimum absolute atomic E-state index is 0.0332. The van der Waals surface area contributed by atoms with Gasteiger partial charge in [0.25, 0.3) is 5.88 Å². The van der Waals surface area contributed by atoms with Gasteiger partial charge in [0.1, 0.15) is 11.8 Å². The van der Waals surface area contributed by atoms with Crippen LogP contribution in [0.15, 0.2) is 47.0 Å². The molecule has 15 heteroatoms. The summed E-state index contributed by atoms with van der Waals surface area (Å²) in [6.07, 6.45) is 2.98. The van der Waals surface area contributed by atoms with E-state index >= 15 is 0 Å². The van der Waals surface area contributed by atoms with E-state index in [-0.39, 0.29) is 54.4 Å². The predicted octanol–water partition coefficient (Wildman–Crippen LogP) is -0.705. The molecule has 0 amide bonds. The maximum absolute atomic E-state index is 14.3. The fourth-order valence-corrected chi connectivity index (χ4v) is 4.55. The topological polar surface area (TPSA) is 228 Å². The highest BCUT2D eigenvalue weighted by atomic mass is 16.6. The SMILES string of the molecule is NCCNc1cc2c(NCCN)c3c1C(=O)C1C4=NC(=C(OC(=O)/C=C\C(=O)O2)C1C3=O)OC(=O)/C=C\C(=O)O4. The molecule has 0 saturated carbocycles. The number of nitrogens with one attached hydrogen (secondary N) is 2. The molecular formula is C25H21N5O10. The van der Waals surface area contributed by atoms with Gasteiger partial charge in [0.15, 0.2) is 23.1 Å². The predicted molar refractivity (Wildman–Crippen MR) is 134 cm³/mol. The number of aliphatic imine (C=N–C) groups is 1. The first-order chi connectivity index (χ1) is 19.2. The Hall–Kier alpha value is -5.15. The number of ether oxygens (including phenoxy) is 4. The van der Waals surface area contributed by atoms with Crippen molar-refractivity contribution in [2.24, 2.45) is 28.3 Å². The highest BCUT2D eigenvalue weighted by Gasteiger charge is 2.54. The van der Waals surface area contributed by atoms with E-state index in [1.165, 1.54) is 6.07 Å². The van der Waals surface area contributed by atoms with Gasteiger partial charge in [-0.25, -0.2) is 19.2 Å². The lowest BCUT2D eigenvalue weighted by molar-refractivity contribution is -0.138. The molecule has 40 heavy (non-hydrogen) atoms. The summed E-state index contributed by atoms with van der Waals surface area (Å²) in [5.74, 6) is -11.1. The van der Waals surface area contributed by atoms with E-state index in [2.05, 4.69) is 15.6 Å². The highest BCUT2D eigenvalue weighted by Crippen LogP contribution is 2.48. The third-order valence-corrected chi connectivity index (χ3v) is 6.09. The van der Waals surface area contributed by atoms with Gasteiger partial charge in [-0.05, 0) is 0 Å². The van der Waals surface area contributed by atoms with Crippen LogP contribution in [0.1, 0.15) is 20.7 Å². The lowest BCUT2D eigenvalue weighted by Gasteiger charge is -2.36. The van der Waals surface area contributed by atoms with Gasteiger partial charge in [-0.3, -0.25) is 9.59 Å². The number of esters is 4. The van der Waals surface area contributed by atoms with Crippen LogP contribution >= 0.6 is 0 Å². The number of fused-ring (bicyclic) bond motifs is 3. The third-order valence-electron chi connectivity index (χ3n) is 6.09. The highest BCUT2D eigenvalue weighted by molar-refractivity contribution is 6.28. The van der Waals surface area contributed by atoms with E-state index in [4.69, 9.17) is 30.4 Å². The number of nitrogens with zero attached hydrogens (tertiary/aromatic N) is 1. The number of nitrogens with two attached hydrogens (primary N) is 2. The number of allylic oxidation sites excluding steroid dienone is 1. The Morgan fingerprint density at radius 3 is 1.95 bits per heavy atom. The number of ketones is 2. The molecule has 15 nitrogen and oxygen atoms in total. The molecule has 2 atom stereocenters. The van der Waals surface area contributed by atoms with Crippen LogP contribution in [0.5, 0.6) is 5.75 Å². The second kappa shape index (κ2) is 10.5. The monoisotopic (exact) mass is 551 g/mol. The Bertz CT molecular complexity index is 1510. The second-order valence-corrected chi connectivity index (χ2v) is 8.63. The molecule has 3 aliphatic heterocycles. The Morgan fingerprint density at radius 2 is 1.27 bits per heavy atom. The number of Topliss-reactive ketones (excluding diaryl/α,β-unsaturated/α-hetero) is 2. The van der Waals surface area contributed by atoms with E-state index < -0.39 is 64.8 Å². The molecule has 1 aromatic carbocycles. The van der Waals surface area contributed by atoms with Crippen molar-refractivity contribution in [2.45, 2.75) is 0 Å². The molecule has 1 aliphatic carbocycles. The van der Waals surface area contributed by atoms with Crippen molar-refractivity contribution in [1.29, 1.82) is 0 Å². The molecule has 3 heterocycles. The Morgan fingerprint density at radius 1 is 0.700 bits per heavy atom. The molecule has 206 valence electrons. The Kier molecular flexibility index (Phi) is 6.98. The van der Waals surface area contributed by atoms with Crippen molar-refractivity contribution in [2.75, 3.05) is 36.8 Å². The van der Waals surface area contributed by atoms with Gasteiger partial charge < -0.3 is 41.0 Å². The number of hydrogen-bond donors (Lipinski definition) is 4. The van der Waals surface area contributed by atoms with E-state index in [0.717, 1.165) is 18.2 Å². The van der Waals surface area contributed by atoms with E-state index in [0.29, 0.717) is 6.08 Å². The van der Waals surface area contributed by atoms with Crippen LogP contribution in [-0.4, -0.2) is 67.5 Å². The average Bonchev–Trinajstić information content (AvgIpc) is 2.97. The molecule has 0 saturated heterocycles. The van der Waals surface area contributed by atoms with Gasteiger partial charge in [-0.1, -0.05) is 0 Å². The molecule has 1 aromatic rings. The van der Waals surface area contributed by atoms with Crippen molar-refractivity contribution in [3.8, 4) is 5.75 Å². The lowest BCUT2D eigenvalue weighted by Crippen LogP contribution is -2.47. The molecule has 4 aliphatic rings. The Labute approximate surface area is 224 Å². The van der Waals surface area contributed by atoms with Crippen molar-refractivity contribution in [3.63, 3.8) is 0 Å². The summed E-state index contributed by atoms with van der Waals surface area (Å²) in [5.41, 5.74) is 11.0. The first kappa shape index (κ1) is 26.5. The van der Waals surface area contributed by atoms with Crippen LogP contribution in [0.3, 0.4) is 0 Å². The summed E-state index contributed by atoms with van der Waals surface area (Å²) in [4.78, 5) is 82.3. The van der Waals surface area contributed by atoms with Gasteiger partial charge >= 0.3 is 23.9 Å². The zero-order valence-electron chi connectivity index (χ0n) is 20.6. The summed E-state index contributed by atoms with van der Waals surface area (Å²) < 4.78 is 21.2. The number of rotatable bonds is 6. The maximum atomic E-state index is 14.3. The molecular weight excluding hydrogens is 530 g/mol. The summed E-state index contributed by atoms with van der Waals surface area (Å²) >= 11 is 0. The lowest BCUT2D eigenvalue weighted by atomic mass is 9.70. The third kappa shape index (κ3) is 4.63. The number of carbonyl (C=O) groups excluding carboxylic acids is 6. The summed E-state index contributed by atoms with van der Waals surface area (Å²) in [6, 6.07) is 1.32. The smallest absolute Gasteiger partial charge is 0.337 e. The van der Waals surface area contributed by atoms with Crippen LogP contribution < -0.4 is 26.8 Å². The fraction of sp³-hybridized carbons (Fsp3) is 0.240. The van der Waals surface area contributed by atoms with Gasteiger partial charge in [0, 0.05) is 62.2 Å². The van der Waals surface area contributed by atoms with Crippen LogP contribution in [0.4, 0.5) is 11.4 Å². The van der Waals surface area contributed by atoms with E-state index in [9.17, 15) is 28.8 Å². The molecule has 6 N–H and O–H groups in total. The maximum Gasteiger partial charge on any atom is 0.337 e. The zero-order chi connectivity index (χ0) is 28.6. The van der Waals surface area contributed by atoms with Gasteiger partial charge in [-0.2, -0.15) is 4.99 Å². The summed E-state index contributed by atoms with van der Waals surface area (Å²) in [7, 11) is 0. The quantitative estimate of drug-likeness (QED) is 0.195. The molecule has 5 rings (SSSR count). The van der Waals surface area contributed by atoms with Crippen LogP contribution in [0, 0.1) is 11.8 Å². The minimum atomic E-state index is -1.66. The van der Waals surface area contributed by atoms with Gasteiger partial charge in [-0.15, -0.1) is 0 Å². The average molecular weight is 551 g/mol. The molecule has 0 aromatic heterocycles. The number of benzene rings is 1. The molecule has 0 spiro atoms. The van der Waals surface area contributed by atoms with Crippen molar-refractivity contribution >= 4 is 52.7 Å². The molecule has 0 radical (unpaired) electrons. The molecule has 2 unspecified atom stereocenters. The van der Waals surface area contributed by atoms with Crippen LogP contribution in [0.25, 0.3) is 0 Å². The van der Waals surface area contributed by atoms with Gasteiger partial charge in [0.05, 0.1) is 16.8 Å². The van der Waals surface area contributed by atoms with E-state index in [1.807, 2.05) is 0 Å². The number of anilines is 2. The van der Waals surface area contributed by atoms with Crippen molar-refractivity contribution < 1.29 is 47.7 Å². The Balaban J connectivity index is 1.85. The number of carbonyl (C=O) groups is 6. The largest absolute Gasteiger partial charge is 0.421 e. The normalized spacial score (nSPS) is 23.2. The van der Waals surface area contributed by atoms with Crippen molar-refractivity contribution in [1.82, 2.24) is 0 Å². The standard InChI is InChI=1S/C25H21N5O10/c26-5-7-28-10-9-11-20(29-8-6-27)17-16(10)21(35)19-18(22(17)36)23(38-13(32)2-1-12(31)37-11)25-30-24(19)39-14(33)3-4-15(34)40-25/h1-4,9,18-19,28-29H,5-8,26-27H2/b2-1-,4-3-. The summed E-state index contributed by atoms with van der Waals surface area (Å²) in [5, 5.41) is 5.87. The van der Waals surface area contributed by atoms with Crippen molar-refractivity contribution in [3.05, 3.63) is 53.1 Å². The first-order valence-corrected chi connectivity index (χ1v) is 12.0. The molecule has 0 fully saturated rings. The van der Waals surface area contributed by atoms with Crippen LogP contribution in [-0.2, 0) is 33.4 Å². The fourth-order valence-electron chi connectivity index (χ4n) is 4.55. The second-order valence-electron chi connectivity index (χ2n) is 8.63. The summed E-state index contributed by atoms with van der Waals surface area (Å²) in [6.45, 7) is 0.511. The van der Waals surface area contributed by atoms with Gasteiger partial charge in [0.2, 0.25) is 5.90 Å².